The third kappa shape index (κ3) is 1.43. The van der Waals surface area contributed by atoms with Crippen LogP contribution in [-0.4, -0.2) is 16.1 Å². The smallest absolute Gasteiger partial charge is 0.112 e. The molecule has 0 saturated heterocycles. The molecule has 1 aromatic carbocycles. The molecule has 1 aliphatic rings. The minimum Gasteiger partial charge on any atom is -0.331 e. The van der Waals surface area contributed by atoms with Crippen LogP contribution < -0.4 is 5.73 Å². The highest BCUT2D eigenvalue weighted by Crippen LogP contribution is 2.40. The molecular formula is C13H17N3. The maximum Gasteiger partial charge on any atom is 0.112 e. The van der Waals surface area contributed by atoms with Crippen molar-refractivity contribution in [1.29, 1.82) is 0 Å². The molecule has 2 aromatic rings. The average molecular weight is 215 g/mol. The largest absolute Gasteiger partial charge is 0.331 e. The molecule has 1 saturated carbocycles. The third-order valence-corrected chi connectivity index (χ3v) is 3.39. The Morgan fingerprint density at radius 2 is 2.25 bits per heavy atom. The number of rotatable bonds is 3. The van der Waals surface area contributed by atoms with Crippen LogP contribution in [0.4, 0.5) is 0 Å². The lowest BCUT2D eigenvalue weighted by Gasteiger charge is -2.01. The van der Waals surface area contributed by atoms with Crippen molar-refractivity contribution < 1.29 is 0 Å². The summed E-state index contributed by atoms with van der Waals surface area (Å²) in [5, 5.41) is 0. The summed E-state index contributed by atoms with van der Waals surface area (Å²) in [5.74, 6) is 1.95. The fourth-order valence-electron chi connectivity index (χ4n) is 2.35. The minimum absolute atomic E-state index is 0.689. The van der Waals surface area contributed by atoms with Gasteiger partial charge >= 0.3 is 0 Å². The van der Waals surface area contributed by atoms with Gasteiger partial charge in [-0.3, -0.25) is 0 Å². The number of aryl methyl sites for hydroxylation is 1. The van der Waals surface area contributed by atoms with Crippen LogP contribution in [-0.2, 0) is 13.5 Å². The normalized spacial score (nSPS) is 15.9. The molecule has 1 heterocycles. The first kappa shape index (κ1) is 9.85. The van der Waals surface area contributed by atoms with E-state index in [1.54, 1.807) is 0 Å². The first-order valence-corrected chi connectivity index (χ1v) is 5.95. The van der Waals surface area contributed by atoms with E-state index in [0.29, 0.717) is 12.5 Å². The number of para-hydroxylation sites is 1. The van der Waals surface area contributed by atoms with Crippen molar-refractivity contribution in [3.05, 3.63) is 29.6 Å². The van der Waals surface area contributed by atoms with E-state index >= 15 is 0 Å². The van der Waals surface area contributed by atoms with Crippen molar-refractivity contribution >= 4 is 11.0 Å². The second-order valence-corrected chi connectivity index (χ2v) is 4.63. The molecule has 3 rings (SSSR count). The van der Waals surface area contributed by atoms with Gasteiger partial charge in [-0.25, -0.2) is 4.98 Å². The number of nitrogens with two attached hydrogens (primary N) is 1. The van der Waals surface area contributed by atoms with Crippen molar-refractivity contribution in [2.45, 2.75) is 25.2 Å². The highest BCUT2D eigenvalue weighted by Gasteiger charge is 2.28. The Hall–Kier alpha value is -1.35. The van der Waals surface area contributed by atoms with E-state index in [-0.39, 0.29) is 0 Å². The van der Waals surface area contributed by atoms with E-state index in [2.05, 4.69) is 29.8 Å². The van der Waals surface area contributed by atoms with Gasteiger partial charge in [0, 0.05) is 13.0 Å². The van der Waals surface area contributed by atoms with Crippen molar-refractivity contribution in [1.82, 2.24) is 9.55 Å². The van der Waals surface area contributed by atoms with Crippen molar-refractivity contribution in [2.75, 3.05) is 6.54 Å². The van der Waals surface area contributed by atoms with Gasteiger partial charge in [0.1, 0.15) is 5.82 Å². The molecule has 0 radical (unpaired) electrons. The first-order chi connectivity index (χ1) is 7.81. The summed E-state index contributed by atoms with van der Waals surface area (Å²) in [5.41, 5.74) is 9.31. The lowest BCUT2D eigenvalue weighted by molar-refractivity contribution is 0.820. The van der Waals surface area contributed by atoms with Gasteiger partial charge in [-0.1, -0.05) is 12.1 Å². The molecule has 0 atom stereocenters. The lowest BCUT2D eigenvalue weighted by atomic mass is 10.1. The fourth-order valence-corrected chi connectivity index (χ4v) is 2.35. The summed E-state index contributed by atoms with van der Waals surface area (Å²) in [6.45, 7) is 0.689. The molecule has 3 heteroatoms. The Kier molecular flexibility index (Phi) is 2.21. The van der Waals surface area contributed by atoms with Gasteiger partial charge in [-0.15, -0.1) is 0 Å². The van der Waals surface area contributed by atoms with E-state index in [1.807, 2.05) is 0 Å². The number of imidazole rings is 1. The van der Waals surface area contributed by atoms with E-state index in [1.165, 1.54) is 29.7 Å². The number of hydrogen-bond acceptors (Lipinski definition) is 2. The molecule has 3 nitrogen and oxygen atoms in total. The van der Waals surface area contributed by atoms with Crippen LogP contribution in [0.5, 0.6) is 0 Å². The van der Waals surface area contributed by atoms with Gasteiger partial charge in [0.15, 0.2) is 0 Å². The number of aromatic nitrogens is 2. The average Bonchev–Trinajstić information content (AvgIpc) is 3.06. The first-order valence-electron chi connectivity index (χ1n) is 5.95. The zero-order chi connectivity index (χ0) is 11.1. The second-order valence-electron chi connectivity index (χ2n) is 4.63. The maximum absolute atomic E-state index is 5.63. The Morgan fingerprint density at radius 3 is 2.94 bits per heavy atom. The Labute approximate surface area is 95.3 Å². The zero-order valence-corrected chi connectivity index (χ0v) is 9.61. The maximum atomic E-state index is 5.63. The van der Waals surface area contributed by atoms with Gasteiger partial charge in [-0.05, 0) is 37.4 Å². The predicted molar refractivity (Wildman–Crippen MR) is 65.4 cm³/mol. The molecule has 1 aliphatic carbocycles. The van der Waals surface area contributed by atoms with E-state index in [9.17, 15) is 0 Å². The van der Waals surface area contributed by atoms with E-state index in [4.69, 9.17) is 10.7 Å². The molecule has 1 aromatic heterocycles. The number of benzene rings is 1. The number of hydrogen-bond donors (Lipinski definition) is 1. The zero-order valence-electron chi connectivity index (χ0n) is 9.61. The van der Waals surface area contributed by atoms with Gasteiger partial charge in [0.05, 0.1) is 11.0 Å². The summed E-state index contributed by atoms with van der Waals surface area (Å²) >= 11 is 0. The molecule has 0 unspecified atom stereocenters. The Bertz CT molecular complexity index is 523. The molecule has 0 bridgehead atoms. The van der Waals surface area contributed by atoms with Gasteiger partial charge in [-0.2, -0.15) is 0 Å². The highest BCUT2D eigenvalue weighted by atomic mass is 15.1. The van der Waals surface area contributed by atoms with Gasteiger partial charge in [0.2, 0.25) is 0 Å². The van der Waals surface area contributed by atoms with Crippen molar-refractivity contribution in [3.63, 3.8) is 0 Å². The SMILES string of the molecule is Cn1c(C2CC2)nc2c(CCN)cccc21. The van der Waals surface area contributed by atoms with E-state index < -0.39 is 0 Å². The standard InChI is InChI=1S/C13H17N3/c1-16-11-4-2-3-9(7-8-14)12(11)15-13(16)10-5-6-10/h2-4,10H,5-8,14H2,1H3. The van der Waals surface area contributed by atoms with Crippen molar-refractivity contribution in [2.24, 2.45) is 12.8 Å². The van der Waals surface area contributed by atoms with Gasteiger partial charge in [0.25, 0.3) is 0 Å². The molecular weight excluding hydrogens is 198 g/mol. The van der Waals surface area contributed by atoms with Crippen LogP contribution in [0, 0.1) is 0 Å². The van der Waals surface area contributed by atoms with E-state index in [0.717, 1.165) is 11.9 Å². The molecule has 0 aliphatic heterocycles. The molecule has 1 fully saturated rings. The quantitative estimate of drug-likeness (QED) is 0.850. The molecule has 2 N–H and O–H groups in total. The minimum atomic E-state index is 0.689. The Balaban J connectivity index is 2.19. The Morgan fingerprint density at radius 1 is 1.44 bits per heavy atom. The molecule has 16 heavy (non-hydrogen) atoms. The molecule has 0 amide bonds. The van der Waals surface area contributed by atoms with Crippen LogP contribution in [0.3, 0.4) is 0 Å². The summed E-state index contributed by atoms with van der Waals surface area (Å²) in [6, 6.07) is 6.39. The monoisotopic (exact) mass is 215 g/mol. The third-order valence-electron chi connectivity index (χ3n) is 3.39. The summed E-state index contributed by atoms with van der Waals surface area (Å²) in [4.78, 5) is 4.80. The van der Waals surface area contributed by atoms with Crippen LogP contribution >= 0.6 is 0 Å². The highest BCUT2D eigenvalue weighted by molar-refractivity contribution is 5.80. The molecule has 84 valence electrons. The van der Waals surface area contributed by atoms with Crippen LogP contribution in [0.2, 0.25) is 0 Å². The fraction of sp³-hybridized carbons (Fsp3) is 0.462. The number of fused-ring (bicyclic) bond motifs is 1. The summed E-state index contributed by atoms with van der Waals surface area (Å²) < 4.78 is 2.24. The summed E-state index contributed by atoms with van der Waals surface area (Å²) in [6.07, 6.45) is 3.51. The number of nitrogens with zero attached hydrogens (tertiary/aromatic N) is 2. The predicted octanol–water partition coefficient (Wildman–Crippen LogP) is 1.95. The molecule has 0 spiro atoms. The van der Waals surface area contributed by atoms with Crippen LogP contribution in [0.1, 0.15) is 30.1 Å². The van der Waals surface area contributed by atoms with Crippen LogP contribution in [0.15, 0.2) is 18.2 Å². The van der Waals surface area contributed by atoms with Crippen LogP contribution in [0.25, 0.3) is 11.0 Å². The summed E-state index contributed by atoms with van der Waals surface area (Å²) in [7, 11) is 2.12. The van der Waals surface area contributed by atoms with Crippen molar-refractivity contribution in [3.8, 4) is 0 Å². The lowest BCUT2D eigenvalue weighted by Crippen LogP contribution is -2.03. The van der Waals surface area contributed by atoms with Gasteiger partial charge < -0.3 is 10.3 Å². The second kappa shape index (κ2) is 3.59. The topological polar surface area (TPSA) is 43.8 Å².